The number of likely N-dealkylation sites (tertiary alicyclic amines) is 1. The molecule has 2 aliphatic rings. The van der Waals surface area contributed by atoms with Crippen LogP contribution in [0.1, 0.15) is 48.8 Å². The molecule has 5 nitrogen and oxygen atoms in total. The summed E-state index contributed by atoms with van der Waals surface area (Å²) in [5.74, 6) is -0.353. The number of amides is 1. The summed E-state index contributed by atoms with van der Waals surface area (Å²) in [4.78, 5) is 18.8. The van der Waals surface area contributed by atoms with E-state index >= 15 is 0 Å². The molecule has 0 saturated carbocycles. The summed E-state index contributed by atoms with van der Waals surface area (Å²) in [5, 5.41) is 1.88. The molecular formula is C26H29ClN2O3. The minimum Gasteiger partial charge on any atom is -0.361 e. The SMILES string of the molecule is CCc1cccc2c(C(CC(=O)N3CCC4(CC3)OCCO4)c3ccc(Cl)cc3)c[nH]c12. The van der Waals surface area contributed by atoms with E-state index in [4.69, 9.17) is 21.1 Å². The van der Waals surface area contributed by atoms with Crippen molar-refractivity contribution >= 4 is 28.4 Å². The van der Waals surface area contributed by atoms with E-state index < -0.39 is 5.79 Å². The molecule has 1 N–H and O–H groups in total. The van der Waals surface area contributed by atoms with Gasteiger partial charge in [-0.1, -0.05) is 48.9 Å². The zero-order valence-electron chi connectivity index (χ0n) is 18.4. The number of hydrogen-bond donors (Lipinski definition) is 1. The minimum absolute atomic E-state index is 0.0458. The molecule has 0 radical (unpaired) electrons. The predicted octanol–water partition coefficient (Wildman–Crippen LogP) is 5.27. The number of carbonyl (C=O) groups excluding carboxylic acids is 1. The Hall–Kier alpha value is -2.34. The van der Waals surface area contributed by atoms with Gasteiger partial charge in [-0.3, -0.25) is 4.79 Å². The number of H-pyrrole nitrogens is 1. The van der Waals surface area contributed by atoms with Crippen LogP contribution in [-0.2, 0) is 20.7 Å². The number of rotatable bonds is 5. The topological polar surface area (TPSA) is 54.6 Å². The molecule has 1 aromatic heterocycles. The number of carbonyl (C=O) groups is 1. The van der Waals surface area contributed by atoms with Crippen LogP contribution in [0, 0.1) is 0 Å². The maximum Gasteiger partial charge on any atom is 0.223 e. The highest BCUT2D eigenvalue weighted by Gasteiger charge is 2.41. The zero-order chi connectivity index (χ0) is 22.1. The molecular weight excluding hydrogens is 424 g/mol. The second-order valence-corrected chi connectivity index (χ2v) is 9.17. The van der Waals surface area contributed by atoms with Crippen LogP contribution in [0.2, 0.25) is 5.02 Å². The lowest BCUT2D eigenvalue weighted by Crippen LogP contribution is -2.47. The molecule has 0 aliphatic carbocycles. The van der Waals surface area contributed by atoms with E-state index in [9.17, 15) is 4.79 Å². The van der Waals surface area contributed by atoms with Crippen molar-refractivity contribution in [3.8, 4) is 0 Å². The lowest BCUT2D eigenvalue weighted by atomic mass is 9.87. The molecule has 1 spiro atoms. The van der Waals surface area contributed by atoms with Crippen molar-refractivity contribution in [3.63, 3.8) is 0 Å². The highest BCUT2D eigenvalue weighted by atomic mass is 35.5. The summed E-state index contributed by atoms with van der Waals surface area (Å²) in [7, 11) is 0. The summed E-state index contributed by atoms with van der Waals surface area (Å²) in [5.41, 5.74) is 4.70. The largest absolute Gasteiger partial charge is 0.361 e. The number of nitrogens with one attached hydrogen (secondary N) is 1. The first kappa shape index (κ1) is 21.5. The van der Waals surface area contributed by atoms with Crippen LogP contribution in [0.25, 0.3) is 10.9 Å². The molecule has 5 rings (SSSR count). The molecule has 1 unspecified atom stereocenters. The number of halogens is 1. The van der Waals surface area contributed by atoms with Gasteiger partial charge in [0.1, 0.15) is 0 Å². The second-order valence-electron chi connectivity index (χ2n) is 8.73. The number of aromatic amines is 1. The van der Waals surface area contributed by atoms with Gasteiger partial charge in [-0.25, -0.2) is 0 Å². The first-order valence-electron chi connectivity index (χ1n) is 11.5. The zero-order valence-corrected chi connectivity index (χ0v) is 19.2. The fourth-order valence-electron chi connectivity index (χ4n) is 5.11. The van der Waals surface area contributed by atoms with Gasteiger partial charge in [-0.15, -0.1) is 0 Å². The van der Waals surface area contributed by atoms with E-state index in [2.05, 4.69) is 36.3 Å². The molecule has 2 fully saturated rings. The highest BCUT2D eigenvalue weighted by molar-refractivity contribution is 6.30. The molecule has 168 valence electrons. The summed E-state index contributed by atoms with van der Waals surface area (Å²) in [6, 6.07) is 14.3. The lowest BCUT2D eigenvalue weighted by Gasteiger charge is -2.38. The summed E-state index contributed by atoms with van der Waals surface area (Å²) >= 11 is 6.16. The van der Waals surface area contributed by atoms with Gasteiger partial charge < -0.3 is 19.4 Å². The number of fused-ring (bicyclic) bond motifs is 1. The number of hydrogen-bond acceptors (Lipinski definition) is 3. The van der Waals surface area contributed by atoms with E-state index in [-0.39, 0.29) is 11.8 Å². The second kappa shape index (κ2) is 8.89. The van der Waals surface area contributed by atoms with Crippen molar-refractivity contribution in [3.05, 3.63) is 70.4 Å². The molecule has 0 bridgehead atoms. The lowest BCUT2D eigenvalue weighted by molar-refractivity contribution is -0.187. The van der Waals surface area contributed by atoms with E-state index in [1.165, 1.54) is 10.9 Å². The third kappa shape index (κ3) is 4.05. The Morgan fingerprint density at radius 2 is 1.84 bits per heavy atom. The van der Waals surface area contributed by atoms with Crippen LogP contribution in [0.4, 0.5) is 0 Å². The monoisotopic (exact) mass is 452 g/mol. The first-order valence-corrected chi connectivity index (χ1v) is 11.9. The van der Waals surface area contributed by atoms with Crippen molar-refractivity contribution in [1.29, 1.82) is 0 Å². The molecule has 1 amide bonds. The van der Waals surface area contributed by atoms with E-state index in [1.807, 2.05) is 29.2 Å². The maximum atomic E-state index is 13.4. The molecule has 1 atom stereocenters. The Kier molecular flexibility index (Phi) is 5.97. The van der Waals surface area contributed by atoms with Crippen molar-refractivity contribution < 1.29 is 14.3 Å². The predicted molar refractivity (Wildman–Crippen MR) is 126 cm³/mol. The molecule has 2 aromatic carbocycles. The Bertz CT molecular complexity index is 1090. The third-order valence-corrected chi connectivity index (χ3v) is 7.18. The molecule has 32 heavy (non-hydrogen) atoms. The fourth-order valence-corrected chi connectivity index (χ4v) is 5.24. The van der Waals surface area contributed by atoms with Crippen LogP contribution in [0.5, 0.6) is 0 Å². The third-order valence-electron chi connectivity index (χ3n) is 6.93. The molecule has 2 saturated heterocycles. The maximum absolute atomic E-state index is 13.4. The Balaban J connectivity index is 1.42. The van der Waals surface area contributed by atoms with Crippen LogP contribution in [0.3, 0.4) is 0 Å². The first-order chi connectivity index (χ1) is 15.6. The van der Waals surface area contributed by atoms with Crippen molar-refractivity contribution in [1.82, 2.24) is 9.88 Å². The number of aromatic nitrogens is 1. The standard InChI is InChI=1S/C26H29ClN2O3/c1-2-18-4-3-5-21-23(17-28-25(18)21)22(19-6-8-20(27)9-7-19)16-24(30)29-12-10-26(11-13-29)31-14-15-32-26/h3-9,17,22,28H,2,10-16H2,1H3. The molecule has 3 aromatic rings. The van der Waals surface area contributed by atoms with Gasteiger partial charge in [0.05, 0.1) is 13.2 Å². The average molecular weight is 453 g/mol. The van der Waals surface area contributed by atoms with E-state index in [0.29, 0.717) is 37.7 Å². The number of ether oxygens (including phenoxy) is 2. The molecule has 2 aliphatic heterocycles. The number of nitrogens with zero attached hydrogens (tertiary/aromatic N) is 1. The molecule has 3 heterocycles. The summed E-state index contributed by atoms with van der Waals surface area (Å²) in [6.07, 6.45) is 4.91. The fraction of sp³-hybridized carbons (Fsp3) is 0.423. The van der Waals surface area contributed by atoms with Crippen LogP contribution in [0.15, 0.2) is 48.7 Å². The van der Waals surface area contributed by atoms with Gasteiger partial charge in [-0.05, 0) is 35.2 Å². The van der Waals surface area contributed by atoms with Gasteiger partial charge >= 0.3 is 0 Å². The average Bonchev–Trinajstić information content (AvgIpc) is 3.46. The van der Waals surface area contributed by atoms with Gasteiger partial charge in [0.25, 0.3) is 0 Å². The van der Waals surface area contributed by atoms with Gasteiger partial charge in [0, 0.05) is 60.4 Å². The summed E-state index contributed by atoms with van der Waals surface area (Å²) in [6.45, 7) is 4.79. The number of para-hydroxylation sites is 1. The van der Waals surface area contributed by atoms with E-state index in [0.717, 1.165) is 35.9 Å². The van der Waals surface area contributed by atoms with Crippen molar-refractivity contribution in [2.24, 2.45) is 0 Å². The number of piperidine rings is 1. The van der Waals surface area contributed by atoms with Crippen LogP contribution in [-0.4, -0.2) is 47.9 Å². The molecule has 6 heteroatoms. The Labute approximate surface area is 193 Å². The van der Waals surface area contributed by atoms with Crippen molar-refractivity contribution in [2.75, 3.05) is 26.3 Å². The van der Waals surface area contributed by atoms with Gasteiger partial charge in [0.2, 0.25) is 5.91 Å². The minimum atomic E-state index is -0.472. The quantitative estimate of drug-likeness (QED) is 0.573. The Morgan fingerprint density at radius 3 is 2.53 bits per heavy atom. The highest BCUT2D eigenvalue weighted by Crippen LogP contribution is 2.37. The van der Waals surface area contributed by atoms with E-state index in [1.54, 1.807) is 0 Å². The number of aryl methyl sites for hydroxylation is 1. The van der Waals surface area contributed by atoms with Gasteiger partial charge in [-0.2, -0.15) is 0 Å². The van der Waals surface area contributed by atoms with Crippen LogP contribution >= 0.6 is 11.6 Å². The Morgan fingerprint density at radius 1 is 1.12 bits per heavy atom. The normalized spacial score (nSPS) is 19.0. The van der Waals surface area contributed by atoms with Crippen LogP contribution < -0.4 is 0 Å². The summed E-state index contributed by atoms with van der Waals surface area (Å²) < 4.78 is 11.6. The van der Waals surface area contributed by atoms with Crippen molar-refractivity contribution in [2.45, 2.75) is 44.3 Å². The van der Waals surface area contributed by atoms with Gasteiger partial charge in [0.15, 0.2) is 5.79 Å². The number of benzene rings is 2. The smallest absolute Gasteiger partial charge is 0.223 e.